The quantitative estimate of drug-likeness (QED) is 0.561. The van der Waals surface area contributed by atoms with E-state index in [2.05, 4.69) is 15.3 Å². The number of benzene rings is 1. The summed E-state index contributed by atoms with van der Waals surface area (Å²) < 4.78 is 10.0. The second-order valence-electron chi connectivity index (χ2n) is 5.73. The van der Waals surface area contributed by atoms with Gasteiger partial charge in [0, 0.05) is 11.9 Å². The molecule has 1 amide bonds. The Kier molecular flexibility index (Phi) is 7.42. The first-order chi connectivity index (χ1) is 13.0. The smallest absolute Gasteiger partial charge is 0.359 e. The van der Waals surface area contributed by atoms with Gasteiger partial charge in [-0.3, -0.25) is 9.78 Å². The summed E-state index contributed by atoms with van der Waals surface area (Å²) in [6.07, 6.45) is 4.48. The van der Waals surface area contributed by atoms with Crippen molar-refractivity contribution in [3.63, 3.8) is 0 Å². The van der Waals surface area contributed by atoms with Crippen LogP contribution in [0.15, 0.2) is 36.7 Å². The van der Waals surface area contributed by atoms with E-state index in [-0.39, 0.29) is 5.69 Å². The highest BCUT2D eigenvalue weighted by molar-refractivity contribution is 5.95. The van der Waals surface area contributed by atoms with Gasteiger partial charge in [0.15, 0.2) is 12.3 Å². The Balaban J connectivity index is 1.80. The van der Waals surface area contributed by atoms with Gasteiger partial charge in [0.25, 0.3) is 5.91 Å². The van der Waals surface area contributed by atoms with Gasteiger partial charge >= 0.3 is 11.9 Å². The monoisotopic (exact) mass is 371 g/mol. The van der Waals surface area contributed by atoms with Crippen LogP contribution in [0.1, 0.15) is 46.3 Å². The lowest BCUT2D eigenvalue weighted by atomic mass is 10.2. The van der Waals surface area contributed by atoms with Crippen LogP contribution in [0.4, 0.5) is 5.69 Å². The molecule has 1 aromatic heterocycles. The molecular weight excluding hydrogens is 350 g/mol. The molecule has 0 saturated heterocycles. The van der Waals surface area contributed by atoms with Crippen molar-refractivity contribution in [2.75, 3.05) is 18.5 Å². The number of rotatable bonds is 8. The Hall–Kier alpha value is -3.29. The van der Waals surface area contributed by atoms with Gasteiger partial charge in [-0.2, -0.15) is 0 Å². The van der Waals surface area contributed by atoms with E-state index in [1.807, 2.05) is 6.92 Å². The number of amides is 1. The van der Waals surface area contributed by atoms with Crippen LogP contribution in [-0.2, 0) is 14.3 Å². The fourth-order valence-electron chi connectivity index (χ4n) is 1.98. The number of aryl methyl sites for hydroxylation is 1. The van der Waals surface area contributed by atoms with E-state index in [0.29, 0.717) is 23.6 Å². The predicted molar refractivity (Wildman–Crippen MR) is 97.3 cm³/mol. The molecule has 2 rings (SSSR count). The van der Waals surface area contributed by atoms with E-state index in [9.17, 15) is 14.4 Å². The molecule has 8 heteroatoms. The third-order valence-corrected chi connectivity index (χ3v) is 3.46. The Labute approximate surface area is 156 Å². The summed E-state index contributed by atoms with van der Waals surface area (Å²) in [7, 11) is 0. The average Bonchev–Trinajstić information content (AvgIpc) is 2.67. The summed E-state index contributed by atoms with van der Waals surface area (Å²) in [5.74, 6) is -1.65. The first-order valence-corrected chi connectivity index (χ1v) is 8.52. The van der Waals surface area contributed by atoms with Crippen molar-refractivity contribution in [3.8, 4) is 0 Å². The molecular formula is C19H21N3O5. The molecule has 0 spiro atoms. The number of hydrogen-bond acceptors (Lipinski definition) is 7. The van der Waals surface area contributed by atoms with Crippen LogP contribution in [0.25, 0.3) is 0 Å². The maximum Gasteiger partial charge on any atom is 0.359 e. The van der Waals surface area contributed by atoms with Crippen LogP contribution in [0, 0.1) is 6.92 Å². The lowest BCUT2D eigenvalue weighted by Crippen LogP contribution is -2.21. The minimum atomic E-state index is -0.733. The van der Waals surface area contributed by atoms with Crippen molar-refractivity contribution >= 4 is 23.5 Å². The molecule has 1 heterocycles. The predicted octanol–water partition coefficient (Wildman–Crippen LogP) is 2.54. The average molecular weight is 371 g/mol. The van der Waals surface area contributed by atoms with Crippen molar-refractivity contribution in [2.45, 2.75) is 26.7 Å². The molecule has 0 aliphatic carbocycles. The van der Waals surface area contributed by atoms with Gasteiger partial charge < -0.3 is 14.8 Å². The highest BCUT2D eigenvalue weighted by Gasteiger charge is 2.12. The second kappa shape index (κ2) is 10.0. The van der Waals surface area contributed by atoms with Crippen LogP contribution >= 0.6 is 0 Å². The van der Waals surface area contributed by atoms with Crippen LogP contribution < -0.4 is 5.32 Å². The number of carbonyl (C=O) groups excluding carboxylic acids is 3. The van der Waals surface area contributed by atoms with E-state index < -0.39 is 24.5 Å². The number of ether oxygens (including phenoxy) is 2. The van der Waals surface area contributed by atoms with E-state index in [1.165, 1.54) is 12.4 Å². The zero-order chi connectivity index (χ0) is 19.6. The van der Waals surface area contributed by atoms with Gasteiger partial charge in [-0.25, -0.2) is 14.6 Å². The number of hydrogen-bond donors (Lipinski definition) is 1. The summed E-state index contributed by atoms with van der Waals surface area (Å²) in [5, 5.41) is 2.57. The zero-order valence-electron chi connectivity index (χ0n) is 15.2. The Morgan fingerprint density at radius 1 is 1.00 bits per heavy atom. The Morgan fingerprint density at radius 3 is 2.37 bits per heavy atom. The second-order valence-corrected chi connectivity index (χ2v) is 5.73. The molecule has 0 fully saturated rings. The number of anilines is 1. The van der Waals surface area contributed by atoms with Crippen LogP contribution in [0.3, 0.4) is 0 Å². The largest absolute Gasteiger partial charge is 0.462 e. The number of nitrogens with zero attached hydrogens (tertiary/aromatic N) is 2. The maximum atomic E-state index is 11.9. The summed E-state index contributed by atoms with van der Waals surface area (Å²) in [6.45, 7) is 3.67. The van der Waals surface area contributed by atoms with E-state index in [0.717, 1.165) is 12.8 Å². The van der Waals surface area contributed by atoms with Gasteiger partial charge in [-0.05, 0) is 37.6 Å². The van der Waals surface area contributed by atoms with Gasteiger partial charge in [0.2, 0.25) is 0 Å². The number of aromatic nitrogens is 2. The van der Waals surface area contributed by atoms with E-state index >= 15 is 0 Å². The molecule has 0 saturated carbocycles. The van der Waals surface area contributed by atoms with Crippen LogP contribution in [0.5, 0.6) is 0 Å². The zero-order valence-corrected chi connectivity index (χ0v) is 15.2. The van der Waals surface area contributed by atoms with Gasteiger partial charge in [0.05, 0.1) is 24.1 Å². The lowest BCUT2D eigenvalue weighted by molar-refractivity contribution is -0.119. The fourth-order valence-corrected chi connectivity index (χ4v) is 1.98. The molecule has 0 bridgehead atoms. The van der Waals surface area contributed by atoms with E-state index in [1.54, 1.807) is 31.2 Å². The third-order valence-electron chi connectivity index (χ3n) is 3.46. The van der Waals surface area contributed by atoms with Crippen LogP contribution in [-0.4, -0.2) is 41.0 Å². The first-order valence-electron chi connectivity index (χ1n) is 8.52. The molecule has 27 heavy (non-hydrogen) atoms. The van der Waals surface area contributed by atoms with Gasteiger partial charge in [-0.1, -0.05) is 13.3 Å². The van der Waals surface area contributed by atoms with E-state index in [4.69, 9.17) is 9.47 Å². The number of nitrogens with one attached hydrogen (secondary N) is 1. The number of carbonyl (C=O) groups is 3. The number of unbranched alkanes of at least 4 members (excludes halogenated alkanes) is 1. The van der Waals surface area contributed by atoms with Crippen molar-refractivity contribution in [1.82, 2.24) is 9.97 Å². The molecule has 0 unspecified atom stereocenters. The fraction of sp³-hybridized carbons (Fsp3) is 0.316. The molecule has 142 valence electrons. The highest BCUT2D eigenvalue weighted by Crippen LogP contribution is 2.11. The molecule has 1 aromatic carbocycles. The van der Waals surface area contributed by atoms with Gasteiger partial charge in [-0.15, -0.1) is 0 Å². The molecule has 0 aliphatic rings. The SMILES string of the molecule is CCCCOC(=O)c1ccc(NC(=O)COC(=O)c2cnc(C)cn2)cc1. The number of esters is 2. The lowest BCUT2D eigenvalue weighted by Gasteiger charge is -2.08. The summed E-state index contributed by atoms with van der Waals surface area (Å²) in [4.78, 5) is 43.3. The topological polar surface area (TPSA) is 107 Å². The van der Waals surface area contributed by atoms with Crippen molar-refractivity contribution in [1.29, 1.82) is 0 Å². The molecule has 0 radical (unpaired) electrons. The van der Waals surface area contributed by atoms with Gasteiger partial charge in [0.1, 0.15) is 0 Å². The molecule has 0 aliphatic heterocycles. The Morgan fingerprint density at radius 2 is 1.74 bits per heavy atom. The minimum absolute atomic E-state index is 0.0272. The summed E-state index contributed by atoms with van der Waals surface area (Å²) in [6, 6.07) is 6.25. The summed E-state index contributed by atoms with van der Waals surface area (Å²) in [5.41, 5.74) is 1.56. The summed E-state index contributed by atoms with van der Waals surface area (Å²) >= 11 is 0. The third kappa shape index (κ3) is 6.50. The molecule has 2 aromatic rings. The van der Waals surface area contributed by atoms with Crippen molar-refractivity contribution < 1.29 is 23.9 Å². The molecule has 1 N–H and O–H groups in total. The highest BCUT2D eigenvalue weighted by atomic mass is 16.5. The van der Waals surface area contributed by atoms with Crippen molar-refractivity contribution in [3.05, 3.63) is 53.6 Å². The normalized spacial score (nSPS) is 10.1. The minimum Gasteiger partial charge on any atom is -0.462 e. The maximum absolute atomic E-state index is 11.9. The standard InChI is InChI=1S/C19H21N3O5/c1-3-4-9-26-18(24)14-5-7-15(8-6-14)22-17(23)12-27-19(25)16-11-20-13(2)10-21-16/h5-8,10-11H,3-4,9,12H2,1-2H3,(H,22,23). The van der Waals surface area contributed by atoms with Crippen LogP contribution in [0.2, 0.25) is 0 Å². The van der Waals surface area contributed by atoms with Crippen molar-refractivity contribution in [2.24, 2.45) is 0 Å². The molecule has 8 nitrogen and oxygen atoms in total. The Bertz CT molecular complexity index is 788. The first kappa shape index (κ1) is 20.0. The molecule has 0 atom stereocenters.